The molecule has 0 aliphatic carbocycles. The van der Waals surface area contributed by atoms with Gasteiger partial charge in [-0.15, -0.1) is 0 Å². The monoisotopic (exact) mass is 456 g/mol. The number of amidine groups is 1. The van der Waals surface area contributed by atoms with Crippen molar-refractivity contribution in [3.63, 3.8) is 0 Å². The van der Waals surface area contributed by atoms with Crippen LogP contribution in [0.15, 0.2) is 46.3 Å². The number of amides is 1. The molecule has 1 amide bonds. The van der Waals surface area contributed by atoms with Crippen LogP contribution >= 0.6 is 11.8 Å². The summed E-state index contributed by atoms with van der Waals surface area (Å²) in [5, 5.41) is 22.0. The molecule has 3 rings (SSSR count). The van der Waals surface area contributed by atoms with Gasteiger partial charge in [-0.3, -0.25) is 4.79 Å². The smallest absolute Gasteiger partial charge is 0.344 e. The fraction of sp³-hybridized carbons (Fsp3) is 0.261. The lowest BCUT2D eigenvalue weighted by molar-refractivity contribution is -0.145. The van der Waals surface area contributed by atoms with E-state index >= 15 is 0 Å². The number of thioether (sulfide) groups is 1. The lowest BCUT2D eigenvalue weighted by atomic mass is 10.1. The van der Waals surface area contributed by atoms with Crippen LogP contribution < -0.4 is 14.8 Å². The largest absolute Gasteiger partial charge is 0.508 e. The molecule has 2 aromatic rings. The minimum absolute atomic E-state index is 0.154. The van der Waals surface area contributed by atoms with Gasteiger partial charge in [0.15, 0.2) is 22.8 Å². The molecule has 168 valence electrons. The van der Waals surface area contributed by atoms with Crippen LogP contribution in [-0.4, -0.2) is 40.0 Å². The molecule has 1 unspecified atom stereocenters. The van der Waals surface area contributed by atoms with Crippen LogP contribution in [0, 0.1) is 6.92 Å². The van der Waals surface area contributed by atoms with Crippen molar-refractivity contribution in [1.29, 1.82) is 0 Å². The molecule has 8 nitrogen and oxygen atoms in total. The van der Waals surface area contributed by atoms with Gasteiger partial charge in [-0.2, -0.15) is 0 Å². The highest BCUT2D eigenvalue weighted by molar-refractivity contribution is 8.18. The first kappa shape index (κ1) is 23.2. The summed E-state index contributed by atoms with van der Waals surface area (Å²) in [4.78, 5) is 28.6. The quantitative estimate of drug-likeness (QED) is 0.509. The predicted molar refractivity (Wildman–Crippen MR) is 124 cm³/mol. The number of carbonyl (C=O) groups is 2. The number of carboxylic acids is 1. The number of aryl methyl sites for hydroxylation is 1. The van der Waals surface area contributed by atoms with Crippen LogP contribution in [0.3, 0.4) is 0 Å². The maximum Gasteiger partial charge on any atom is 0.344 e. The van der Waals surface area contributed by atoms with Gasteiger partial charge in [-0.05, 0) is 79.6 Å². The summed E-state index contributed by atoms with van der Waals surface area (Å²) in [7, 11) is 0. The molecule has 0 spiro atoms. The number of aliphatic carboxylic acids is 1. The number of nitrogens with zero attached hydrogens (tertiary/aromatic N) is 1. The van der Waals surface area contributed by atoms with Gasteiger partial charge in [0, 0.05) is 0 Å². The molecule has 1 heterocycles. The highest BCUT2D eigenvalue weighted by atomic mass is 32.2. The Labute approximate surface area is 190 Å². The number of hydrogen-bond acceptors (Lipinski definition) is 7. The van der Waals surface area contributed by atoms with E-state index in [4.69, 9.17) is 9.47 Å². The van der Waals surface area contributed by atoms with E-state index in [-0.39, 0.29) is 11.7 Å². The third kappa shape index (κ3) is 5.61. The first-order valence-corrected chi connectivity index (χ1v) is 10.9. The second kappa shape index (κ2) is 10.2. The summed E-state index contributed by atoms with van der Waals surface area (Å²) in [6, 6.07) is 9.88. The highest BCUT2D eigenvalue weighted by Gasteiger charge is 2.24. The van der Waals surface area contributed by atoms with Crippen molar-refractivity contribution in [1.82, 2.24) is 5.32 Å². The van der Waals surface area contributed by atoms with Gasteiger partial charge >= 0.3 is 5.97 Å². The normalized spacial score (nSPS) is 16.8. The van der Waals surface area contributed by atoms with Crippen LogP contribution in [-0.2, 0) is 9.59 Å². The van der Waals surface area contributed by atoms with E-state index in [0.717, 1.165) is 5.56 Å². The van der Waals surface area contributed by atoms with Gasteiger partial charge in [0.25, 0.3) is 5.91 Å². The van der Waals surface area contributed by atoms with E-state index in [2.05, 4.69) is 10.3 Å². The van der Waals surface area contributed by atoms with E-state index in [1.54, 1.807) is 43.3 Å². The van der Waals surface area contributed by atoms with Crippen molar-refractivity contribution < 1.29 is 29.3 Å². The molecule has 32 heavy (non-hydrogen) atoms. The fourth-order valence-electron chi connectivity index (χ4n) is 2.95. The van der Waals surface area contributed by atoms with E-state index < -0.39 is 12.1 Å². The minimum Gasteiger partial charge on any atom is -0.508 e. The van der Waals surface area contributed by atoms with Gasteiger partial charge < -0.3 is 25.0 Å². The van der Waals surface area contributed by atoms with Crippen LogP contribution in [0.2, 0.25) is 0 Å². The Morgan fingerprint density at radius 1 is 1.22 bits per heavy atom. The number of nitrogens with one attached hydrogen (secondary N) is 1. The first-order chi connectivity index (χ1) is 15.3. The number of carbonyl (C=O) groups excluding carboxylic acids is 1. The Kier molecular flexibility index (Phi) is 7.42. The van der Waals surface area contributed by atoms with E-state index in [0.29, 0.717) is 45.9 Å². The third-order valence-corrected chi connectivity index (χ3v) is 5.44. The zero-order valence-corrected chi connectivity index (χ0v) is 18.7. The summed E-state index contributed by atoms with van der Waals surface area (Å²) in [5.74, 6) is -0.437. The van der Waals surface area contributed by atoms with Crippen molar-refractivity contribution in [2.45, 2.75) is 33.3 Å². The number of phenolic OH excluding ortho intramolecular Hbond substituents is 1. The molecule has 3 N–H and O–H groups in total. The zero-order valence-electron chi connectivity index (χ0n) is 17.9. The molecular formula is C23H24N2O6S. The second-order valence-electron chi connectivity index (χ2n) is 6.94. The maximum absolute atomic E-state index is 12.4. The average Bonchev–Trinajstić information content (AvgIpc) is 3.08. The Hall–Kier alpha value is -3.46. The number of phenols is 1. The number of carboxylic acid groups (broad SMARTS) is 1. The van der Waals surface area contributed by atoms with Crippen LogP contribution in [0.1, 0.15) is 31.4 Å². The van der Waals surface area contributed by atoms with Gasteiger partial charge in [0.1, 0.15) is 5.75 Å². The van der Waals surface area contributed by atoms with Crippen molar-refractivity contribution in [3.8, 4) is 17.2 Å². The standard InChI is InChI=1S/C23H24N2O6S/c1-4-17(22(28)29)31-18-9-6-14(11-19(18)30-5-2)12-20-21(27)25-23(32-20)24-16-8-7-15(26)10-13(16)3/h6-12,17,26H,4-5H2,1-3H3,(H,28,29)(H,24,25,27)/b20-12+. The molecule has 2 aromatic carbocycles. The lowest BCUT2D eigenvalue weighted by Gasteiger charge is -2.16. The predicted octanol–water partition coefficient (Wildman–Crippen LogP) is 4.23. The fourth-order valence-corrected chi connectivity index (χ4v) is 3.78. The minimum atomic E-state index is -1.05. The molecule has 1 aliphatic rings. The number of aromatic hydroxyl groups is 1. The zero-order chi connectivity index (χ0) is 23.3. The van der Waals surface area contributed by atoms with Crippen LogP contribution in [0.4, 0.5) is 5.69 Å². The van der Waals surface area contributed by atoms with Crippen molar-refractivity contribution in [2.75, 3.05) is 6.61 Å². The number of benzene rings is 2. The van der Waals surface area contributed by atoms with Gasteiger partial charge in [-0.1, -0.05) is 13.0 Å². The number of hydrogen-bond donors (Lipinski definition) is 3. The Balaban J connectivity index is 1.84. The summed E-state index contributed by atoms with van der Waals surface area (Å²) in [6.45, 7) is 5.74. The Morgan fingerprint density at radius 3 is 2.66 bits per heavy atom. The molecule has 9 heteroatoms. The molecular weight excluding hydrogens is 432 g/mol. The number of aliphatic imine (C=N–C) groups is 1. The van der Waals surface area contributed by atoms with Gasteiger partial charge in [0.05, 0.1) is 17.2 Å². The average molecular weight is 457 g/mol. The van der Waals surface area contributed by atoms with Crippen molar-refractivity contribution >= 4 is 40.6 Å². The van der Waals surface area contributed by atoms with Crippen LogP contribution in [0.25, 0.3) is 6.08 Å². The van der Waals surface area contributed by atoms with E-state index in [1.807, 2.05) is 13.8 Å². The lowest BCUT2D eigenvalue weighted by Crippen LogP contribution is -2.26. The van der Waals surface area contributed by atoms with E-state index in [1.165, 1.54) is 17.8 Å². The summed E-state index contributed by atoms with van der Waals surface area (Å²) >= 11 is 1.20. The molecule has 0 aromatic heterocycles. The maximum atomic E-state index is 12.4. The summed E-state index contributed by atoms with van der Waals surface area (Å²) < 4.78 is 11.2. The molecule has 1 fully saturated rings. The number of ether oxygens (including phenoxy) is 2. The summed E-state index contributed by atoms with van der Waals surface area (Å²) in [5.41, 5.74) is 2.13. The Bertz CT molecular complexity index is 1100. The number of rotatable bonds is 8. The molecule has 1 atom stereocenters. The van der Waals surface area contributed by atoms with Gasteiger partial charge in [-0.25, -0.2) is 9.79 Å². The molecule has 1 aliphatic heterocycles. The molecule has 0 saturated carbocycles. The second-order valence-corrected chi connectivity index (χ2v) is 7.98. The first-order valence-electron chi connectivity index (χ1n) is 10.1. The Morgan fingerprint density at radius 2 is 2.00 bits per heavy atom. The molecule has 1 saturated heterocycles. The van der Waals surface area contributed by atoms with Gasteiger partial charge in [0.2, 0.25) is 0 Å². The topological polar surface area (TPSA) is 117 Å². The molecule has 0 radical (unpaired) electrons. The highest BCUT2D eigenvalue weighted by Crippen LogP contribution is 2.34. The van der Waals surface area contributed by atoms with Crippen LogP contribution in [0.5, 0.6) is 17.2 Å². The van der Waals surface area contributed by atoms with E-state index in [9.17, 15) is 19.8 Å². The van der Waals surface area contributed by atoms with Crippen molar-refractivity contribution in [2.24, 2.45) is 4.99 Å². The molecule has 0 bridgehead atoms. The third-order valence-electron chi connectivity index (χ3n) is 4.53. The van der Waals surface area contributed by atoms with Crippen molar-refractivity contribution in [3.05, 3.63) is 52.4 Å². The summed E-state index contributed by atoms with van der Waals surface area (Å²) in [6.07, 6.45) is 1.04. The SMILES string of the molecule is CCOc1cc(/C=C2/SC(=Nc3ccc(O)cc3C)NC2=O)ccc1OC(CC)C(=O)O.